The van der Waals surface area contributed by atoms with Crippen LogP contribution in [-0.4, -0.2) is 28.3 Å². The molecule has 0 unspecified atom stereocenters. The largest absolute Gasteiger partial charge is 0.392 e. The second-order valence-electron chi connectivity index (χ2n) is 4.36. The number of aromatic nitrogens is 3. The van der Waals surface area contributed by atoms with E-state index in [9.17, 15) is 13.5 Å². The summed E-state index contributed by atoms with van der Waals surface area (Å²) in [7, 11) is -1.95. The van der Waals surface area contributed by atoms with E-state index in [4.69, 9.17) is 0 Å². The van der Waals surface area contributed by atoms with Gasteiger partial charge in [0.2, 0.25) is 10.0 Å². The highest BCUT2D eigenvalue weighted by atomic mass is 32.2. The number of rotatable bonds is 5. The van der Waals surface area contributed by atoms with Crippen LogP contribution in [0.15, 0.2) is 29.4 Å². The van der Waals surface area contributed by atoms with Crippen LogP contribution in [0.2, 0.25) is 0 Å². The van der Waals surface area contributed by atoms with E-state index in [2.05, 4.69) is 14.8 Å². The van der Waals surface area contributed by atoms with Gasteiger partial charge in [0, 0.05) is 7.05 Å². The van der Waals surface area contributed by atoms with Crippen molar-refractivity contribution in [3.8, 4) is 0 Å². The highest BCUT2D eigenvalue weighted by Crippen LogP contribution is 2.18. The van der Waals surface area contributed by atoms with Crippen LogP contribution in [0.1, 0.15) is 17.0 Å². The second-order valence-corrected chi connectivity index (χ2v) is 6.09. The molecule has 20 heavy (non-hydrogen) atoms. The maximum absolute atomic E-state index is 12.2. The van der Waals surface area contributed by atoms with Crippen molar-refractivity contribution >= 4 is 10.0 Å². The molecular formula is C12H16N4O3S. The third kappa shape index (κ3) is 3.03. The highest BCUT2D eigenvalue weighted by molar-refractivity contribution is 7.89. The summed E-state index contributed by atoms with van der Waals surface area (Å²) in [6, 6.07) is 4.80. The van der Waals surface area contributed by atoms with Crippen LogP contribution < -0.4 is 4.72 Å². The molecule has 0 saturated carbocycles. The Morgan fingerprint density at radius 1 is 1.40 bits per heavy atom. The first-order valence-corrected chi connectivity index (χ1v) is 7.46. The predicted octanol–water partition coefficient (Wildman–Crippen LogP) is 0.0943. The number of aryl methyl sites for hydroxylation is 1. The fourth-order valence-electron chi connectivity index (χ4n) is 1.82. The van der Waals surface area contributed by atoms with Crippen molar-refractivity contribution in [1.82, 2.24) is 19.5 Å². The molecule has 0 atom stereocenters. The maximum Gasteiger partial charge on any atom is 0.241 e. The SMILES string of the molecule is Cc1c(CO)cccc1S(=O)(=O)NCc1ncn(C)n1. The van der Waals surface area contributed by atoms with Crippen LogP contribution >= 0.6 is 0 Å². The Bertz CT molecular complexity index is 709. The summed E-state index contributed by atoms with van der Waals surface area (Å²) in [6.07, 6.45) is 1.50. The molecule has 108 valence electrons. The molecule has 1 heterocycles. The lowest BCUT2D eigenvalue weighted by Crippen LogP contribution is -2.25. The first kappa shape index (κ1) is 14.6. The van der Waals surface area contributed by atoms with Gasteiger partial charge in [0.1, 0.15) is 6.33 Å². The molecule has 8 heteroatoms. The molecule has 0 aliphatic carbocycles. The molecule has 0 spiro atoms. The van der Waals surface area contributed by atoms with Gasteiger partial charge in [-0.05, 0) is 24.1 Å². The number of benzene rings is 1. The zero-order chi connectivity index (χ0) is 14.8. The van der Waals surface area contributed by atoms with E-state index in [1.54, 1.807) is 26.1 Å². The minimum atomic E-state index is -3.66. The predicted molar refractivity (Wildman–Crippen MR) is 72.1 cm³/mol. The molecule has 1 aromatic heterocycles. The summed E-state index contributed by atoms with van der Waals surface area (Å²) in [6.45, 7) is 1.49. The quantitative estimate of drug-likeness (QED) is 0.815. The van der Waals surface area contributed by atoms with Crippen LogP contribution in [0.25, 0.3) is 0 Å². The van der Waals surface area contributed by atoms with Crippen molar-refractivity contribution in [2.45, 2.75) is 25.0 Å². The molecule has 0 radical (unpaired) electrons. The van der Waals surface area contributed by atoms with Gasteiger partial charge >= 0.3 is 0 Å². The molecule has 2 aromatic rings. The maximum atomic E-state index is 12.2. The van der Waals surface area contributed by atoms with Crippen molar-refractivity contribution in [2.24, 2.45) is 7.05 Å². The van der Waals surface area contributed by atoms with Gasteiger partial charge in [0.05, 0.1) is 18.0 Å². The molecule has 2 N–H and O–H groups in total. The number of hydrogen-bond donors (Lipinski definition) is 2. The van der Waals surface area contributed by atoms with Crippen molar-refractivity contribution in [3.05, 3.63) is 41.5 Å². The Hall–Kier alpha value is -1.77. The molecule has 0 aliphatic rings. The molecule has 0 bridgehead atoms. The normalized spacial score (nSPS) is 11.8. The van der Waals surface area contributed by atoms with Crippen molar-refractivity contribution < 1.29 is 13.5 Å². The van der Waals surface area contributed by atoms with E-state index in [0.29, 0.717) is 17.0 Å². The van der Waals surface area contributed by atoms with Crippen molar-refractivity contribution in [1.29, 1.82) is 0 Å². The van der Waals surface area contributed by atoms with Crippen molar-refractivity contribution in [3.63, 3.8) is 0 Å². The highest BCUT2D eigenvalue weighted by Gasteiger charge is 2.18. The third-order valence-corrected chi connectivity index (χ3v) is 4.47. The van der Waals surface area contributed by atoms with Gasteiger partial charge in [-0.15, -0.1) is 0 Å². The van der Waals surface area contributed by atoms with E-state index < -0.39 is 10.0 Å². The van der Waals surface area contributed by atoms with Gasteiger partial charge < -0.3 is 5.11 Å². The van der Waals surface area contributed by atoms with Crippen LogP contribution in [0.5, 0.6) is 0 Å². The summed E-state index contributed by atoms with van der Waals surface area (Å²) >= 11 is 0. The summed E-state index contributed by atoms with van der Waals surface area (Å²) in [5, 5.41) is 13.2. The summed E-state index contributed by atoms with van der Waals surface area (Å²) in [4.78, 5) is 4.11. The van der Waals surface area contributed by atoms with Crippen LogP contribution in [-0.2, 0) is 30.2 Å². The number of nitrogens with one attached hydrogen (secondary N) is 1. The summed E-state index contributed by atoms with van der Waals surface area (Å²) in [5.74, 6) is 0.395. The standard InChI is InChI=1S/C12H16N4O3S/c1-9-10(7-17)4-3-5-11(9)20(18,19)14-6-12-13-8-16(2)15-12/h3-5,8,14,17H,6-7H2,1-2H3. The lowest BCUT2D eigenvalue weighted by atomic mass is 10.1. The molecule has 0 fully saturated rings. The zero-order valence-corrected chi connectivity index (χ0v) is 12.1. The number of aliphatic hydroxyl groups excluding tert-OH is 1. The fourth-order valence-corrected chi connectivity index (χ4v) is 3.09. The van der Waals surface area contributed by atoms with E-state index in [0.717, 1.165) is 0 Å². The average molecular weight is 296 g/mol. The zero-order valence-electron chi connectivity index (χ0n) is 11.2. The Morgan fingerprint density at radius 3 is 2.75 bits per heavy atom. The molecule has 0 aliphatic heterocycles. The van der Waals surface area contributed by atoms with Gasteiger partial charge in [-0.25, -0.2) is 18.1 Å². The third-order valence-electron chi connectivity index (χ3n) is 2.92. The van der Waals surface area contributed by atoms with Crippen LogP contribution in [0.4, 0.5) is 0 Å². The monoisotopic (exact) mass is 296 g/mol. The van der Waals surface area contributed by atoms with Crippen molar-refractivity contribution in [2.75, 3.05) is 0 Å². The average Bonchev–Trinajstić information content (AvgIpc) is 2.82. The Morgan fingerprint density at radius 2 is 2.15 bits per heavy atom. The Kier molecular flexibility index (Phi) is 4.17. The minimum absolute atomic E-state index is 0.0198. The first-order valence-electron chi connectivity index (χ1n) is 5.97. The lowest BCUT2D eigenvalue weighted by molar-refractivity contribution is 0.280. The molecule has 7 nitrogen and oxygen atoms in total. The molecule has 0 saturated heterocycles. The van der Waals surface area contributed by atoms with E-state index >= 15 is 0 Å². The van der Waals surface area contributed by atoms with E-state index in [1.807, 2.05) is 0 Å². The van der Waals surface area contributed by atoms with Gasteiger partial charge in [0.25, 0.3) is 0 Å². The smallest absolute Gasteiger partial charge is 0.241 e. The Labute approximate surface area is 117 Å². The molecule has 1 aromatic carbocycles. The fraction of sp³-hybridized carbons (Fsp3) is 0.333. The number of aliphatic hydroxyl groups is 1. The summed E-state index contributed by atoms with van der Waals surface area (Å²) < 4.78 is 28.4. The number of sulfonamides is 1. The van der Waals surface area contributed by atoms with Gasteiger partial charge in [-0.1, -0.05) is 12.1 Å². The lowest BCUT2D eigenvalue weighted by Gasteiger charge is -2.10. The van der Waals surface area contributed by atoms with E-state index in [-0.39, 0.29) is 18.0 Å². The summed E-state index contributed by atoms with van der Waals surface area (Å²) in [5.41, 5.74) is 1.13. The topological polar surface area (TPSA) is 97.1 Å². The van der Waals surface area contributed by atoms with Gasteiger partial charge in [-0.2, -0.15) is 5.10 Å². The van der Waals surface area contributed by atoms with Crippen LogP contribution in [0.3, 0.4) is 0 Å². The molecule has 0 amide bonds. The van der Waals surface area contributed by atoms with Crippen LogP contribution in [0, 0.1) is 6.92 Å². The molecular weight excluding hydrogens is 280 g/mol. The minimum Gasteiger partial charge on any atom is -0.392 e. The second kappa shape index (κ2) is 5.70. The Balaban J connectivity index is 2.22. The van der Waals surface area contributed by atoms with Gasteiger partial charge in [0.15, 0.2) is 5.82 Å². The van der Waals surface area contributed by atoms with Gasteiger partial charge in [-0.3, -0.25) is 4.68 Å². The number of nitrogens with zero attached hydrogens (tertiary/aromatic N) is 3. The molecule has 2 rings (SSSR count). The number of hydrogen-bond acceptors (Lipinski definition) is 5. The first-order chi connectivity index (χ1) is 9.44. The van der Waals surface area contributed by atoms with E-state index in [1.165, 1.54) is 17.1 Å².